The average molecular weight is 267 g/mol. The van der Waals surface area contributed by atoms with Crippen molar-refractivity contribution < 1.29 is 14.1 Å². The van der Waals surface area contributed by atoms with Crippen molar-refractivity contribution in [1.29, 1.82) is 0 Å². The van der Waals surface area contributed by atoms with Gasteiger partial charge in [-0.3, -0.25) is 0 Å². The van der Waals surface area contributed by atoms with Gasteiger partial charge < -0.3 is 19.0 Å². The molecule has 1 rings (SSSR count). The molecule has 1 aliphatic rings. The molecule has 0 unspecified atom stereocenters. The molecular formula is C14H26BNO3. The van der Waals surface area contributed by atoms with Crippen molar-refractivity contribution >= 4 is 13.4 Å². The first kappa shape index (κ1) is 16.4. The van der Waals surface area contributed by atoms with Crippen molar-refractivity contribution in [2.75, 3.05) is 20.1 Å². The predicted molar refractivity (Wildman–Crippen MR) is 78.0 cm³/mol. The summed E-state index contributed by atoms with van der Waals surface area (Å²) in [5.41, 5.74) is -0.550. The molecule has 1 aliphatic heterocycles. The zero-order chi connectivity index (χ0) is 14.5. The van der Waals surface area contributed by atoms with Crippen LogP contribution in [-0.4, -0.2) is 49.6 Å². The number of aldehydes is 1. The maximum absolute atomic E-state index is 10.3. The number of nitrogens with zero attached hydrogens (tertiary/aromatic N) is 1. The minimum absolute atomic E-state index is 0.259. The van der Waals surface area contributed by atoms with Crippen LogP contribution in [0.25, 0.3) is 0 Å². The van der Waals surface area contributed by atoms with E-state index in [1.165, 1.54) is 0 Å². The van der Waals surface area contributed by atoms with E-state index in [9.17, 15) is 4.79 Å². The molecule has 0 aromatic rings. The quantitative estimate of drug-likeness (QED) is 0.523. The van der Waals surface area contributed by atoms with Gasteiger partial charge in [0.05, 0.1) is 11.2 Å². The third-order valence-corrected chi connectivity index (χ3v) is 3.87. The van der Waals surface area contributed by atoms with E-state index in [1.807, 2.05) is 40.7 Å². The molecule has 0 saturated carbocycles. The molecule has 0 spiro atoms. The number of carbonyl (C=O) groups is 1. The van der Waals surface area contributed by atoms with Crippen LogP contribution in [0.2, 0.25) is 0 Å². The second-order valence-corrected chi connectivity index (χ2v) is 6.10. The van der Waals surface area contributed by atoms with Crippen molar-refractivity contribution in [3.05, 3.63) is 12.1 Å². The summed E-state index contributed by atoms with van der Waals surface area (Å²) in [6.07, 6.45) is 4.56. The van der Waals surface area contributed by atoms with Crippen LogP contribution in [0.5, 0.6) is 0 Å². The van der Waals surface area contributed by atoms with E-state index in [4.69, 9.17) is 9.31 Å². The van der Waals surface area contributed by atoms with Crippen LogP contribution < -0.4 is 0 Å². The first-order valence-corrected chi connectivity index (χ1v) is 6.93. The van der Waals surface area contributed by atoms with Gasteiger partial charge in [-0.25, -0.2) is 0 Å². The maximum Gasteiger partial charge on any atom is 0.486 e. The lowest BCUT2D eigenvalue weighted by atomic mass is 9.90. The first-order chi connectivity index (χ1) is 8.78. The van der Waals surface area contributed by atoms with Gasteiger partial charge in [-0.05, 0) is 41.2 Å². The smallest absolute Gasteiger partial charge is 0.400 e. The molecule has 0 atom stereocenters. The Balaban J connectivity index is 2.29. The molecule has 19 heavy (non-hydrogen) atoms. The van der Waals surface area contributed by atoms with Crippen LogP contribution in [0.4, 0.5) is 0 Å². The SMILES string of the molecule is CN(CCC=O)CC/C=C/B1OC(C)(C)C(C)(C)O1. The van der Waals surface area contributed by atoms with Crippen LogP contribution >= 0.6 is 0 Å². The fraction of sp³-hybridized carbons (Fsp3) is 0.786. The Morgan fingerprint density at radius 1 is 1.05 bits per heavy atom. The monoisotopic (exact) mass is 267 g/mol. The summed E-state index contributed by atoms with van der Waals surface area (Å²) in [4.78, 5) is 12.4. The van der Waals surface area contributed by atoms with Gasteiger partial charge in [-0.2, -0.15) is 0 Å². The van der Waals surface area contributed by atoms with Crippen molar-refractivity contribution in [1.82, 2.24) is 4.90 Å². The Morgan fingerprint density at radius 3 is 2.11 bits per heavy atom. The fourth-order valence-corrected chi connectivity index (χ4v) is 1.85. The highest BCUT2D eigenvalue weighted by Gasteiger charge is 2.49. The molecule has 0 N–H and O–H groups in total. The van der Waals surface area contributed by atoms with E-state index >= 15 is 0 Å². The van der Waals surface area contributed by atoms with E-state index < -0.39 is 0 Å². The van der Waals surface area contributed by atoms with Crippen molar-refractivity contribution in [2.45, 2.75) is 51.7 Å². The third-order valence-electron chi connectivity index (χ3n) is 3.87. The first-order valence-electron chi connectivity index (χ1n) is 6.93. The molecule has 1 fully saturated rings. The average Bonchev–Trinajstić information content (AvgIpc) is 2.50. The summed E-state index contributed by atoms with van der Waals surface area (Å²) in [6, 6.07) is 0. The predicted octanol–water partition coefficient (Wildman–Crippen LogP) is 2.08. The van der Waals surface area contributed by atoms with E-state index in [0.717, 1.165) is 25.8 Å². The molecular weight excluding hydrogens is 241 g/mol. The summed E-state index contributed by atoms with van der Waals surface area (Å²) in [7, 11) is 1.76. The normalized spacial score (nSPS) is 21.5. The number of hydrogen-bond acceptors (Lipinski definition) is 4. The van der Waals surface area contributed by atoms with Crippen molar-refractivity contribution in [3.8, 4) is 0 Å². The summed E-state index contributed by atoms with van der Waals surface area (Å²) in [6.45, 7) is 9.95. The largest absolute Gasteiger partial charge is 0.486 e. The van der Waals surface area contributed by atoms with Gasteiger partial charge in [0.15, 0.2) is 0 Å². The van der Waals surface area contributed by atoms with Crippen molar-refractivity contribution in [2.24, 2.45) is 0 Å². The van der Waals surface area contributed by atoms with E-state index in [0.29, 0.717) is 6.42 Å². The van der Waals surface area contributed by atoms with Gasteiger partial charge in [0.1, 0.15) is 6.29 Å². The Morgan fingerprint density at radius 2 is 1.58 bits per heavy atom. The van der Waals surface area contributed by atoms with Crippen molar-refractivity contribution in [3.63, 3.8) is 0 Å². The summed E-state index contributed by atoms with van der Waals surface area (Å²) >= 11 is 0. The maximum atomic E-state index is 10.3. The van der Waals surface area contributed by atoms with Gasteiger partial charge in [0.2, 0.25) is 0 Å². The van der Waals surface area contributed by atoms with Gasteiger partial charge in [-0.1, -0.05) is 12.1 Å². The molecule has 0 aromatic carbocycles. The van der Waals surface area contributed by atoms with Gasteiger partial charge in [-0.15, -0.1) is 0 Å². The second-order valence-electron chi connectivity index (χ2n) is 6.10. The van der Waals surface area contributed by atoms with Crippen LogP contribution in [0.15, 0.2) is 12.1 Å². The number of hydrogen-bond donors (Lipinski definition) is 0. The van der Waals surface area contributed by atoms with Crippen LogP contribution in [0, 0.1) is 0 Å². The molecule has 4 nitrogen and oxygen atoms in total. The van der Waals surface area contributed by atoms with Crippen LogP contribution in [0.1, 0.15) is 40.5 Å². The molecule has 0 bridgehead atoms. The summed E-state index contributed by atoms with van der Waals surface area (Å²) in [5.74, 6) is 1.98. The zero-order valence-corrected chi connectivity index (χ0v) is 12.8. The van der Waals surface area contributed by atoms with Crippen LogP contribution in [-0.2, 0) is 14.1 Å². The Kier molecular flexibility index (Phi) is 5.77. The van der Waals surface area contributed by atoms with Gasteiger partial charge in [0.25, 0.3) is 0 Å². The lowest BCUT2D eigenvalue weighted by molar-refractivity contribution is -0.108. The minimum atomic E-state index is -0.275. The standard InChI is InChI=1S/C14H26BNO3/c1-13(2)14(3,4)19-15(18-13)9-6-7-10-16(5)11-8-12-17/h6,9,12H,7-8,10-11H2,1-5H3/b9-6+. The lowest BCUT2D eigenvalue weighted by Crippen LogP contribution is -2.41. The molecule has 0 aliphatic carbocycles. The number of carbonyl (C=O) groups excluding carboxylic acids is 1. The molecule has 1 heterocycles. The van der Waals surface area contributed by atoms with Gasteiger partial charge in [0, 0.05) is 19.5 Å². The number of rotatable bonds is 7. The zero-order valence-electron chi connectivity index (χ0n) is 12.8. The highest BCUT2D eigenvalue weighted by molar-refractivity contribution is 6.51. The second kappa shape index (κ2) is 6.68. The molecule has 1 saturated heterocycles. The molecule has 108 valence electrons. The topological polar surface area (TPSA) is 38.8 Å². The van der Waals surface area contributed by atoms with E-state index in [-0.39, 0.29) is 18.3 Å². The highest BCUT2D eigenvalue weighted by Crippen LogP contribution is 2.36. The van der Waals surface area contributed by atoms with E-state index in [2.05, 4.69) is 11.0 Å². The Hall–Kier alpha value is -0.645. The Labute approximate surface area is 117 Å². The summed E-state index contributed by atoms with van der Waals surface area (Å²) < 4.78 is 11.7. The third kappa shape index (κ3) is 4.75. The molecule has 0 radical (unpaired) electrons. The summed E-state index contributed by atoms with van der Waals surface area (Å²) in [5, 5.41) is 0. The Bertz CT molecular complexity index is 313. The lowest BCUT2D eigenvalue weighted by Gasteiger charge is -2.32. The minimum Gasteiger partial charge on any atom is -0.400 e. The molecule has 5 heteroatoms. The fourth-order valence-electron chi connectivity index (χ4n) is 1.85. The molecule has 0 aromatic heterocycles. The van der Waals surface area contributed by atoms with Gasteiger partial charge >= 0.3 is 7.12 Å². The van der Waals surface area contributed by atoms with Crippen LogP contribution in [0.3, 0.4) is 0 Å². The van der Waals surface area contributed by atoms with E-state index in [1.54, 1.807) is 0 Å². The molecule has 0 amide bonds. The highest BCUT2D eigenvalue weighted by atomic mass is 16.7.